The second-order valence-electron chi connectivity index (χ2n) is 6.27. The monoisotopic (exact) mass is 357 g/mol. The fraction of sp³-hybridized carbons (Fsp3) is 0.0909. The molecule has 0 saturated heterocycles. The van der Waals surface area contributed by atoms with Gasteiger partial charge in [-0.3, -0.25) is 4.79 Å². The number of para-hydroxylation sites is 1. The number of carbonyl (C=O) groups is 1. The Hall–Kier alpha value is -3.60. The zero-order valence-electron chi connectivity index (χ0n) is 14.9. The van der Waals surface area contributed by atoms with Crippen LogP contribution in [0.1, 0.15) is 5.56 Å². The van der Waals surface area contributed by atoms with Gasteiger partial charge in [-0.05, 0) is 17.5 Å². The molecule has 27 heavy (non-hydrogen) atoms. The first-order valence-electron chi connectivity index (χ1n) is 8.69. The van der Waals surface area contributed by atoms with E-state index < -0.39 is 0 Å². The van der Waals surface area contributed by atoms with E-state index in [0.717, 1.165) is 27.2 Å². The van der Waals surface area contributed by atoms with Gasteiger partial charge in [0.05, 0.1) is 6.21 Å². The van der Waals surface area contributed by atoms with Crippen LogP contribution in [0.4, 0.5) is 0 Å². The van der Waals surface area contributed by atoms with Gasteiger partial charge in [-0.15, -0.1) is 0 Å². The summed E-state index contributed by atoms with van der Waals surface area (Å²) in [6.07, 6.45) is 3.63. The molecule has 1 aromatic heterocycles. The van der Waals surface area contributed by atoms with Crippen LogP contribution in [0.15, 0.2) is 78.0 Å². The second-order valence-corrected chi connectivity index (χ2v) is 6.27. The number of fused-ring (bicyclic) bond motifs is 2. The molecule has 4 rings (SSSR count). The lowest BCUT2D eigenvalue weighted by Crippen LogP contribution is -2.24. The third-order valence-electron chi connectivity index (χ3n) is 4.43. The highest BCUT2D eigenvalue weighted by atomic mass is 16.5. The number of benzene rings is 3. The summed E-state index contributed by atoms with van der Waals surface area (Å²) >= 11 is 0. The van der Waals surface area contributed by atoms with E-state index >= 15 is 0 Å². The largest absolute Gasteiger partial charge is 0.483 e. The van der Waals surface area contributed by atoms with E-state index in [-0.39, 0.29) is 12.5 Å². The Bertz CT molecular complexity index is 1140. The van der Waals surface area contributed by atoms with E-state index in [1.807, 2.05) is 84.5 Å². The number of ether oxygens (including phenoxy) is 1. The lowest BCUT2D eigenvalue weighted by Gasteiger charge is -2.08. The predicted molar refractivity (Wildman–Crippen MR) is 108 cm³/mol. The van der Waals surface area contributed by atoms with Crippen LogP contribution in [-0.2, 0) is 11.8 Å². The van der Waals surface area contributed by atoms with Crippen molar-refractivity contribution in [2.24, 2.45) is 12.1 Å². The average Bonchev–Trinajstić information content (AvgIpc) is 3.02. The summed E-state index contributed by atoms with van der Waals surface area (Å²) < 4.78 is 7.70. The average molecular weight is 357 g/mol. The number of aryl methyl sites for hydroxylation is 1. The molecule has 0 unspecified atom stereocenters. The van der Waals surface area contributed by atoms with Crippen LogP contribution in [0.2, 0.25) is 0 Å². The number of hydrogen-bond acceptors (Lipinski definition) is 3. The van der Waals surface area contributed by atoms with Gasteiger partial charge in [-0.25, -0.2) is 5.43 Å². The van der Waals surface area contributed by atoms with E-state index in [2.05, 4.69) is 10.5 Å². The number of nitrogens with one attached hydrogen (secondary N) is 1. The third kappa shape index (κ3) is 3.53. The highest BCUT2D eigenvalue weighted by molar-refractivity contribution is 5.99. The molecule has 0 spiro atoms. The summed E-state index contributed by atoms with van der Waals surface area (Å²) in [6.45, 7) is -0.0963. The van der Waals surface area contributed by atoms with Crippen molar-refractivity contribution in [2.75, 3.05) is 6.61 Å². The normalized spacial score (nSPS) is 11.3. The van der Waals surface area contributed by atoms with Crippen LogP contribution in [0, 0.1) is 0 Å². The Balaban J connectivity index is 1.40. The smallest absolute Gasteiger partial charge is 0.277 e. The van der Waals surface area contributed by atoms with E-state index in [9.17, 15) is 4.79 Å². The summed E-state index contributed by atoms with van der Waals surface area (Å²) in [5.41, 5.74) is 4.58. The minimum absolute atomic E-state index is 0.0963. The molecule has 0 atom stereocenters. The van der Waals surface area contributed by atoms with Gasteiger partial charge in [0.2, 0.25) is 0 Å². The molecule has 1 N–H and O–H groups in total. The molecule has 3 aromatic carbocycles. The van der Waals surface area contributed by atoms with Crippen LogP contribution >= 0.6 is 0 Å². The first-order chi connectivity index (χ1) is 13.2. The highest BCUT2D eigenvalue weighted by Crippen LogP contribution is 2.25. The van der Waals surface area contributed by atoms with E-state index in [0.29, 0.717) is 5.75 Å². The van der Waals surface area contributed by atoms with E-state index in [1.165, 1.54) is 0 Å². The minimum Gasteiger partial charge on any atom is -0.483 e. The summed E-state index contributed by atoms with van der Waals surface area (Å²) in [7, 11) is 1.98. The van der Waals surface area contributed by atoms with E-state index in [4.69, 9.17) is 4.74 Å². The lowest BCUT2D eigenvalue weighted by molar-refractivity contribution is -0.123. The van der Waals surface area contributed by atoms with Gasteiger partial charge in [-0.2, -0.15) is 5.10 Å². The first-order valence-corrected chi connectivity index (χ1v) is 8.69. The Morgan fingerprint density at radius 2 is 1.78 bits per heavy atom. The van der Waals surface area contributed by atoms with Crippen molar-refractivity contribution in [3.05, 3.63) is 78.5 Å². The number of hydrogen-bond donors (Lipinski definition) is 1. The molecule has 1 heterocycles. The lowest BCUT2D eigenvalue weighted by atomic mass is 10.1. The van der Waals surface area contributed by atoms with Crippen molar-refractivity contribution in [3.63, 3.8) is 0 Å². The van der Waals surface area contributed by atoms with Crippen LogP contribution in [-0.4, -0.2) is 23.3 Å². The summed E-state index contributed by atoms with van der Waals surface area (Å²) in [5.74, 6) is 0.376. The molecule has 5 heteroatoms. The molecule has 0 aliphatic rings. The molecule has 0 aliphatic carbocycles. The van der Waals surface area contributed by atoms with Gasteiger partial charge in [0, 0.05) is 35.1 Å². The molecule has 0 radical (unpaired) electrons. The molecule has 134 valence electrons. The topological polar surface area (TPSA) is 55.6 Å². The zero-order chi connectivity index (χ0) is 18.6. The van der Waals surface area contributed by atoms with Crippen molar-refractivity contribution in [2.45, 2.75) is 0 Å². The number of rotatable bonds is 5. The molecule has 0 aliphatic heterocycles. The molecule has 0 fully saturated rings. The van der Waals surface area contributed by atoms with Gasteiger partial charge < -0.3 is 9.30 Å². The summed E-state index contributed by atoms with van der Waals surface area (Å²) in [6, 6.07) is 21.7. The van der Waals surface area contributed by atoms with Gasteiger partial charge in [0.25, 0.3) is 5.91 Å². The SMILES string of the molecule is Cn1cc(/C=N\NC(=O)COc2cccc3ccccc23)c2ccccc21. The highest BCUT2D eigenvalue weighted by Gasteiger charge is 2.06. The maximum absolute atomic E-state index is 12.1. The Morgan fingerprint density at radius 1 is 1.04 bits per heavy atom. The van der Waals surface area contributed by atoms with Crippen LogP contribution < -0.4 is 10.2 Å². The maximum Gasteiger partial charge on any atom is 0.277 e. The van der Waals surface area contributed by atoms with Crippen molar-refractivity contribution >= 4 is 33.8 Å². The molecule has 5 nitrogen and oxygen atoms in total. The summed E-state index contributed by atoms with van der Waals surface area (Å²) in [4.78, 5) is 12.1. The van der Waals surface area contributed by atoms with Crippen molar-refractivity contribution in [1.29, 1.82) is 0 Å². The van der Waals surface area contributed by atoms with Gasteiger partial charge in [0.1, 0.15) is 5.75 Å². The Morgan fingerprint density at radius 3 is 2.67 bits per heavy atom. The Kier molecular flexibility index (Phi) is 4.58. The van der Waals surface area contributed by atoms with Crippen LogP contribution in [0.5, 0.6) is 5.75 Å². The van der Waals surface area contributed by atoms with E-state index in [1.54, 1.807) is 6.21 Å². The van der Waals surface area contributed by atoms with Gasteiger partial charge in [-0.1, -0.05) is 54.6 Å². The van der Waals surface area contributed by atoms with Crippen molar-refractivity contribution < 1.29 is 9.53 Å². The minimum atomic E-state index is -0.306. The standard InChI is InChI=1S/C22H19N3O2/c1-25-14-17(18-9-4-5-11-20(18)25)13-23-24-22(26)15-27-21-12-6-8-16-7-2-3-10-19(16)21/h2-14H,15H2,1H3,(H,24,26)/b23-13-. The molecule has 4 aromatic rings. The van der Waals surface area contributed by atoms with Gasteiger partial charge in [0.15, 0.2) is 6.61 Å². The van der Waals surface area contributed by atoms with Gasteiger partial charge >= 0.3 is 0 Å². The first kappa shape index (κ1) is 16.8. The molecule has 0 saturated carbocycles. The third-order valence-corrected chi connectivity index (χ3v) is 4.43. The second kappa shape index (κ2) is 7.33. The maximum atomic E-state index is 12.1. The van der Waals surface area contributed by atoms with Crippen LogP contribution in [0.25, 0.3) is 21.7 Å². The van der Waals surface area contributed by atoms with Crippen molar-refractivity contribution in [1.82, 2.24) is 9.99 Å². The quantitative estimate of drug-likeness (QED) is 0.436. The number of carbonyl (C=O) groups excluding carboxylic acids is 1. The number of amides is 1. The molecule has 1 amide bonds. The summed E-state index contributed by atoms with van der Waals surface area (Å²) in [5, 5.41) is 7.20. The fourth-order valence-corrected chi connectivity index (χ4v) is 3.15. The zero-order valence-corrected chi connectivity index (χ0v) is 14.9. The van der Waals surface area contributed by atoms with Crippen LogP contribution in [0.3, 0.4) is 0 Å². The number of hydrazone groups is 1. The molecule has 0 bridgehead atoms. The molecular weight excluding hydrogens is 338 g/mol. The fourth-order valence-electron chi connectivity index (χ4n) is 3.15. The predicted octanol–water partition coefficient (Wildman–Crippen LogP) is 3.86. The Labute approximate surface area is 156 Å². The molecular formula is C22H19N3O2. The number of aromatic nitrogens is 1. The van der Waals surface area contributed by atoms with Crippen molar-refractivity contribution in [3.8, 4) is 5.75 Å². The number of nitrogens with zero attached hydrogens (tertiary/aromatic N) is 2.